The molecule has 0 spiro atoms. The number of hydrogen-bond donors (Lipinski definition) is 0. The maximum absolute atomic E-state index is 2.52. The van der Waals surface area contributed by atoms with Gasteiger partial charge in [0.15, 0.2) is 0 Å². The zero-order valence-corrected chi connectivity index (χ0v) is 10.5. The number of fused-ring (bicyclic) bond motifs is 9. The lowest BCUT2D eigenvalue weighted by atomic mass is 9.71. The van der Waals surface area contributed by atoms with Crippen LogP contribution in [0.15, 0.2) is 0 Å². The normalized spacial score (nSPS) is 39.4. The molecule has 3 aliphatic rings. The highest BCUT2D eigenvalue weighted by atomic mass is 14.3. The van der Waals surface area contributed by atoms with Crippen LogP contribution >= 0.6 is 0 Å². The lowest BCUT2D eigenvalue weighted by Crippen LogP contribution is -2.23. The summed E-state index contributed by atoms with van der Waals surface area (Å²) in [5, 5.41) is 0. The molecular formula is C15H28. The first-order chi connectivity index (χ1) is 7.36. The molecule has 0 heterocycles. The third-order valence-corrected chi connectivity index (χ3v) is 4.89. The summed E-state index contributed by atoms with van der Waals surface area (Å²) in [7, 11) is 0. The lowest BCUT2D eigenvalue weighted by molar-refractivity contribution is 0.169. The van der Waals surface area contributed by atoms with E-state index in [2.05, 4.69) is 6.92 Å². The van der Waals surface area contributed by atoms with E-state index < -0.39 is 0 Å². The monoisotopic (exact) mass is 208 g/mol. The Balaban J connectivity index is 1.86. The van der Waals surface area contributed by atoms with Crippen molar-refractivity contribution >= 4 is 0 Å². The minimum atomic E-state index is 1.03. The van der Waals surface area contributed by atoms with E-state index in [-0.39, 0.29) is 0 Å². The topological polar surface area (TPSA) is 0 Å². The van der Waals surface area contributed by atoms with Crippen molar-refractivity contribution in [1.82, 2.24) is 0 Å². The van der Waals surface area contributed by atoms with Gasteiger partial charge in [-0.25, -0.2) is 0 Å². The fraction of sp³-hybridized carbons (Fsp3) is 1.00. The van der Waals surface area contributed by atoms with Crippen LogP contribution in [0.5, 0.6) is 0 Å². The maximum atomic E-state index is 2.52. The maximum Gasteiger partial charge on any atom is -0.0388 e. The van der Waals surface area contributed by atoms with E-state index in [1.807, 2.05) is 0 Å². The Kier molecular flexibility index (Phi) is 4.53. The van der Waals surface area contributed by atoms with Gasteiger partial charge in [0, 0.05) is 0 Å². The van der Waals surface area contributed by atoms with Crippen LogP contribution in [-0.4, -0.2) is 0 Å². The summed E-state index contributed by atoms with van der Waals surface area (Å²) in [6, 6.07) is 0. The van der Waals surface area contributed by atoms with Crippen molar-refractivity contribution < 1.29 is 0 Å². The molecule has 0 aromatic rings. The lowest BCUT2D eigenvalue weighted by Gasteiger charge is -2.34. The molecule has 0 aromatic heterocycles. The molecule has 3 saturated carbocycles. The predicted molar refractivity (Wildman–Crippen MR) is 66.9 cm³/mol. The van der Waals surface area contributed by atoms with Crippen molar-refractivity contribution in [3.05, 3.63) is 0 Å². The highest BCUT2D eigenvalue weighted by Gasteiger charge is 2.26. The summed E-state index contributed by atoms with van der Waals surface area (Å²) in [5.41, 5.74) is 0. The Morgan fingerprint density at radius 3 is 2.07 bits per heavy atom. The van der Waals surface area contributed by atoms with E-state index in [0.717, 1.165) is 17.8 Å². The van der Waals surface area contributed by atoms with Crippen LogP contribution in [0.1, 0.15) is 77.6 Å². The Bertz CT molecular complexity index is 169. The van der Waals surface area contributed by atoms with E-state index in [9.17, 15) is 0 Å². The minimum absolute atomic E-state index is 1.03. The zero-order valence-electron chi connectivity index (χ0n) is 10.5. The van der Waals surface area contributed by atoms with Gasteiger partial charge in [0.1, 0.15) is 0 Å². The van der Waals surface area contributed by atoms with E-state index in [1.165, 1.54) is 51.4 Å². The van der Waals surface area contributed by atoms with Crippen molar-refractivity contribution in [1.29, 1.82) is 0 Å². The van der Waals surface area contributed by atoms with Crippen LogP contribution in [-0.2, 0) is 0 Å². The average molecular weight is 208 g/mol. The van der Waals surface area contributed by atoms with Crippen LogP contribution in [0.4, 0.5) is 0 Å². The van der Waals surface area contributed by atoms with Crippen LogP contribution in [0.25, 0.3) is 0 Å². The smallest absolute Gasteiger partial charge is 0.0388 e. The highest BCUT2D eigenvalue weighted by Crippen LogP contribution is 2.39. The Hall–Kier alpha value is 0. The summed E-state index contributed by atoms with van der Waals surface area (Å²) in [4.78, 5) is 0. The van der Waals surface area contributed by atoms with Gasteiger partial charge in [-0.15, -0.1) is 0 Å². The third kappa shape index (κ3) is 3.50. The third-order valence-electron chi connectivity index (χ3n) is 4.89. The van der Waals surface area contributed by atoms with Crippen LogP contribution in [0.3, 0.4) is 0 Å². The molecule has 0 saturated heterocycles. The quantitative estimate of drug-likeness (QED) is 0.515. The van der Waals surface area contributed by atoms with Gasteiger partial charge in [-0.1, -0.05) is 64.7 Å². The van der Waals surface area contributed by atoms with Gasteiger partial charge in [-0.3, -0.25) is 0 Å². The molecule has 0 nitrogen and oxygen atoms in total. The second-order valence-electron chi connectivity index (χ2n) is 6.12. The van der Waals surface area contributed by atoms with Crippen LogP contribution in [0, 0.1) is 17.8 Å². The van der Waals surface area contributed by atoms with Crippen LogP contribution in [0.2, 0.25) is 0 Å². The summed E-state index contributed by atoms with van der Waals surface area (Å²) in [5.74, 6) is 3.21. The molecule has 3 aliphatic carbocycles. The molecule has 15 heavy (non-hydrogen) atoms. The average Bonchev–Trinajstić information content (AvgIpc) is 2.21. The molecule has 88 valence electrons. The molecule has 0 N–H and O–H groups in total. The Labute approximate surface area is 95.8 Å². The molecule has 0 amide bonds. The van der Waals surface area contributed by atoms with Gasteiger partial charge >= 0.3 is 0 Å². The first kappa shape index (κ1) is 11.5. The molecule has 0 radical (unpaired) electrons. The van der Waals surface area contributed by atoms with Crippen molar-refractivity contribution in [2.45, 2.75) is 77.6 Å². The molecule has 0 aliphatic heterocycles. The second-order valence-corrected chi connectivity index (χ2v) is 6.12. The summed E-state index contributed by atoms with van der Waals surface area (Å²) in [6.07, 6.45) is 16.8. The highest BCUT2D eigenvalue weighted by molar-refractivity contribution is 4.78. The largest absolute Gasteiger partial charge is 0.0622 e. The molecule has 3 fully saturated rings. The molecular weight excluding hydrogens is 180 g/mol. The number of rotatable bonds is 0. The van der Waals surface area contributed by atoms with Crippen LogP contribution < -0.4 is 0 Å². The van der Waals surface area contributed by atoms with E-state index >= 15 is 0 Å². The molecule has 3 atom stereocenters. The van der Waals surface area contributed by atoms with Gasteiger partial charge in [0.05, 0.1) is 0 Å². The molecule has 0 heteroatoms. The van der Waals surface area contributed by atoms with Gasteiger partial charge in [0.25, 0.3) is 0 Å². The number of hydrogen-bond acceptors (Lipinski definition) is 0. The fourth-order valence-electron chi connectivity index (χ4n) is 3.81. The van der Waals surface area contributed by atoms with Gasteiger partial charge < -0.3 is 0 Å². The van der Waals surface area contributed by atoms with E-state index in [1.54, 1.807) is 19.3 Å². The standard InChI is InChI=1S/C15H28/c1-13-12-14-8-6-4-2-3-5-7-9-15(13)11-10-14/h13-15H,2-12H2,1H3. The van der Waals surface area contributed by atoms with E-state index in [0.29, 0.717) is 0 Å². The summed E-state index contributed by atoms with van der Waals surface area (Å²) in [6.45, 7) is 2.52. The molecule has 3 unspecified atom stereocenters. The molecule has 0 aromatic carbocycles. The van der Waals surface area contributed by atoms with Crippen molar-refractivity contribution in [2.75, 3.05) is 0 Å². The SMILES string of the molecule is CC1CC2CCCCCCCCC1CC2. The van der Waals surface area contributed by atoms with Gasteiger partial charge in [-0.2, -0.15) is 0 Å². The summed E-state index contributed by atoms with van der Waals surface area (Å²) >= 11 is 0. The van der Waals surface area contributed by atoms with E-state index in [4.69, 9.17) is 0 Å². The van der Waals surface area contributed by atoms with Gasteiger partial charge in [0.2, 0.25) is 0 Å². The molecule has 2 bridgehead atoms. The molecule has 3 rings (SSSR count). The minimum Gasteiger partial charge on any atom is -0.0622 e. The predicted octanol–water partition coefficient (Wildman–Crippen LogP) is 5.17. The van der Waals surface area contributed by atoms with Crippen molar-refractivity contribution in [3.63, 3.8) is 0 Å². The van der Waals surface area contributed by atoms with Crippen molar-refractivity contribution in [2.24, 2.45) is 17.8 Å². The zero-order chi connectivity index (χ0) is 10.5. The van der Waals surface area contributed by atoms with Gasteiger partial charge in [-0.05, 0) is 30.6 Å². The Morgan fingerprint density at radius 1 is 0.667 bits per heavy atom. The Morgan fingerprint density at radius 2 is 1.33 bits per heavy atom. The summed E-state index contributed by atoms with van der Waals surface area (Å²) < 4.78 is 0. The second kappa shape index (κ2) is 5.92. The van der Waals surface area contributed by atoms with Crippen molar-refractivity contribution in [3.8, 4) is 0 Å². The first-order valence-corrected chi connectivity index (χ1v) is 7.36. The first-order valence-electron chi connectivity index (χ1n) is 7.36. The fourth-order valence-corrected chi connectivity index (χ4v) is 3.81.